The Morgan fingerprint density at radius 1 is 0.357 bits per heavy atom. The summed E-state index contributed by atoms with van der Waals surface area (Å²) in [6, 6.07) is 49.1. The van der Waals surface area contributed by atoms with Crippen LogP contribution in [0.4, 0.5) is 25.2 Å². The molecule has 6 aromatic carbocycles. The van der Waals surface area contributed by atoms with Crippen molar-refractivity contribution in [2.75, 3.05) is 0 Å². The normalized spacial score (nSPS) is 12.5. The Bertz CT molecular complexity index is 2070. The van der Waals surface area contributed by atoms with Crippen molar-refractivity contribution in [1.82, 2.24) is 0 Å². The van der Waals surface area contributed by atoms with Crippen LogP contribution in [0.1, 0.15) is 51.8 Å². The molecule has 0 aliphatic heterocycles. The molecule has 0 fully saturated rings. The molecule has 290 valence electrons. The monoisotopic (exact) mass is 858 g/mol. The first kappa shape index (κ1) is 42.9. The SMILES string of the molecule is CC(=O)c1ccc(-c2ccc(S[S+](Sc3ccc(-c4ccc(C(C)=O)cc4)cc3)Sc3ccc(-c4ccc(C(C)=O)cc4)cc3)cc2)cc1.F[P-](F)(F)(F)(F)F. The van der Waals surface area contributed by atoms with Crippen LogP contribution in [-0.4, -0.2) is 17.3 Å². The van der Waals surface area contributed by atoms with E-state index in [-0.39, 0.29) is 25.3 Å². The molecule has 6 aromatic rings. The number of ketones is 3. The Morgan fingerprint density at radius 3 is 0.679 bits per heavy atom. The first-order chi connectivity index (χ1) is 26.2. The van der Waals surface area contributed by atoms with Gasteiger partial charge in [0, 0.05) is 16.7 Å². The van der Waals surface area contributed by atoms with Gasteiger partial charge in [0.2, 0.25) is 7.99 Å². The predicted octanol–water partition coefficient (Wildman–Crippen LogP) is 15.7. The molecule has 0 N–H and O–H groups in total. The maximum atomic E-state index is 11.7. The van der Waals surface area contributed by atoms with Gasteiger partial charge in [-0.2, -0.15) is 0 Å². The molecular formula is C42H33F6O3PS4. The molecule has 0 aliphatic rings. The summed E-state index contributed by atoms with van der Waals surface area (Å²) in [5, 5.41) is 0. The molecule has 3 nitrogen and oxygen atoms in total. The van der Waals surface area contributed by atoms with E-state index >= 15 is 0 Å². The van der Waals surface area contributed by atoms with Crippen LogP contribution in [-0.2, 0) is 7.99 Å². The van der Waals surface area contributed by atoms with Crippen LogP contribution in [0.25, 0.3) is 33.4 Å². The number of benzene rings is 6. The van der Waals surface area contributed by atoms with E-state index in [2.05, 4.69) is 72.8 Å². The van der Waals surface area contributed by atoms with Crippen LogP contribution in [0.15, 0.2) is 160 Å². The van der Waals surface area contributed by atoms with Gasteiger partial charge in [0.25, 0.3) is 0 Å². The van der Waals surface area contributed by atoms with Gasteiger partial charge < -0.3 is 0 Å². The summed E-state index contributed by atoms with van der Waals surface area (Å²) in [7, 11) is -5.35. The molecule has 0 bridgehead atoms. The summed E-state index contributed by atoms with van der Waals surface area (Å²) in [6.07, 6.45) is 0. The van der Waals surface area contributed by atoms with Crippen LogP contribution in [0.2, 0.25) is 0 Å². The van der Waals surface area contributed by atoms with Gasteiger partial charge in [0.1, 0.15) is 0 Å². The van der Waals surface area contributed by atoms with Crippen molar-refractivity contribution in [2.24, 2.45) is 0 Å². The number of halogens is 6. The van der Waals surface area contributed by atoms with Gasteiger partial charge in [-0.25, -0.2) is 0 Å². The molecule has 0 aliphatic carbocycles. The minimum absolute atomic E-state index is 0.0660. The van der Waals surface area contributed by atoms with Gasteiger partial charge in [-0.3, -0.25) is 14.4 Å². The quantitative estimate of drug-likeness (QED) is 0.0402. The van der Waals surface area contributed by atoms with Crippen LogP contribution in [0, 0.1) is 0 Å². The molecule has 14 heteroatoms. The molecule has 6 rings (SSSR count). The van der Waals surface area contributed by atoms with Gasteiger partial charge in [0.15, 0.2) is 49.7 Å². The standard InChI is InChI=1S/C42H33O3S4.F6P/c1-28(43)31-4-10-34(11-5-31)37-16-22-40(23-17-37)46-49(47-41-24-18-38(19-25-41)35-12-6-32(7-13-35)29(2)44)48-42-26-20-39(21-27-42)36-14-8-33(9-15-36)30(3)45;1-7(2,3,4,5)6/h4-27H,1-3H3;/q+1;-1. The fraction of sp³-hybridized carbons (Fsp3) is 0.0714. The van der Waals surface area contributed by atoms with E-state index in [0.717, 1.165) is 33.4 Å². The van der Waals surface area contributed by atoms with E-state index < -0.39 is 7.81 Å². The average Bonchev–Trinajstić information content (AvgIpc) is 3.14. The number of carbonyl (C=O) groups excluding carboxylic acids is 3. The summed E-state index contributed by atoms with van der Waals surface area (Å²) in [5.41, 5.74) is 8.71. The zero-order chi connectivity index (χ0) is 40.7. The van der Waals surface area contributed by atoms with Gasteiger partial charge in [-0.1, -0.05) is 109 Å². The second-order valence-electron chi connectivity index (χ2n) is 12.4. The zero-order valence-electron chi connectivity index (χ0n) is 29.9. The average molecular weight is 859 g/mol. The van der Waals surface area contributed by atoms with E-state index in [0.29, 0.717) is 16.7 Å². The molecule has 0 amide bonds. The van der Waals surface area contributed by atoms with Gasteiger partial charge >= 0.3 is 33.0 Å². The van der Waals surface area contributed by atoms with E-state index in [9.17, 15) is 39.6 Å². The number of carbonyl (C=O) groups is 3. The summed E-state index contributed by atoms with van der Waals surface area (Å²) in [5.74, 6) is 0.198. The summed E-state index contributed by atoms with van der Waals surface area (Å²) in [4.78, 5) is 38.6. The summed E-state index contributed by atoms with van der Waals surface area (Å²) in [6.45, 7) is 4.75. The van der Waals surface area contributed by atoms with E-state index in [4.69, 9.17) is 0 Å². The van der Waals surface area contributed by atoms with Crippen LogP contribution >= 0.6 is 40.2 Å². The Hall–Kier alpha value is -4.26. The number of rotatable bonds is 12. The second-order valence-corrected chi connectivity index (χ2v) is 23.0. The molecule has 0 heterocycles. The molecule has 0 atom stereocenters. The third kappa shape index (κ3) is 14.0. The van der Waals surface area contributed by atoms with Crippen molar-refractivity contribution in [2.45, 2.75) is 35.5 Å². The molecule has 56 heavy (non-hydrogen) atoms. The van der Waals surface area contributed by atoms with Crippen molar-refractivity contribution < 1.29 is 39.6 Å². The second kappa shape index (κ2) is 17.1. The summed E-state index contributed by atoms with van der Waals surface area (Å²) < 4.78 is 59.2. The van der Waals surface area contributed by atoms with Gasteiger partial charge in [-0.15, -0.1) is 0 Å². The molecule has 0 aromatic heterocycles. The van der Waals surface area contributed by atoms with Crippen molar-refractivity contribution >= 4 is 65.5 Å². The molecule has 0 saturated carbocycles. The Balaban J connectivity index is 0.000000784. The minimum atomic E-state index is -10.7. The predicted molar refractivity (Wildman–Crippen MR) is 224 cm³/mol. The Labute approximate surface area is 334 Å². The third-order valence-electron chi connectivity index (χ3n) is 7.93. The molecule has 0 radical (unpaired) electrons. The first-order valence-corrected chi connectivity index (χ1v) is 23.9. The van der Waals surface area contributed by atoms with Crippen LogP contribution < -0.4 is 0 Å². The number of Topliss-reactive ketones (excluding diaryl/α,β-unsaturated/α-hetero) is 3. The fourth-order valence-electron chi connectivity index (χ4n) is 5.09. The first-order valence-electron chi connectivity index (χ1n) is 16.7. The van der Waals surface area contributed by atoms with E-state index in [1.165, 1.54) is 14.7 Å². The van der Waals surface area contributed by atoms with Crippen molar-refractivity contribution in [1.29, 1.82) is 0 Å². The van der Waals surface area contributed by atoms with E-state index in [1.807, 2.05) is 105 Å². The maximum absolute atomic E-state index is 11.7. The molecule has 0 unspecified atom stereocenters. The molecular weight excluding hydrogens is 826 g/mol. The Morgan fingerprint density at radius 2 is 0.518 bits per heavy atom. The summed E-state index contributed by atoms with van der Waals surface area (Å²) >= 11 is 0. The van der Waals surface area contributed by atoms with Crippen molar-refractivity contribution in [3.63, 3.8) is 0 Å². The van der Waals surface area contributed by atoms with Crippen LogP contribution in [0.3, 0.4) is 0 Å². The van der Waals surface area contributed by atoms with E-state index in [1.54, 1.807) is 20.8 Å². The Kier molecular flexibility index (Phi) is 13.1. The number of hydrogen-bond acceptors (Lipinski definition) is 6. The van der Waals surface area contributed by atoms with Gasteiger partial charge in [0.05, 0.1) is 14.7 Å². The van der Waals surface area contributed by atoms with Crippen LogP contribution in [0.5, 0.6) is 0 Å². The van der Waals surface area contributed by atoms with Gasteiger partial charge in [-0.05, 0) is 90.6 Å². The topological polar surface area (TPSA) is 51.2 Å². The molecule has 0 saturated heterocycles. The van der Waals surface area contributed by atoms with Crippen molar-refractivity contribution in [3.8, 4) is 33.4 Å². The number of hydrogen-bond donors (Lipinski definition) is 0. The molecule has 0 spiro atoms. The fourth-order valence-corrected chi connectivity index (χ4v) is 14.3. The third-order valence-corrected chi connectivity index (χ3v) is 16.4. The van der Waals surface area contributed by atoms with Crippen molar-refractivity contribution in [3.05, 3.63) is 162 Å². The zero-order valence-corrected chi connectivity index (χ0v) is 34.1.